The Labute approximate surface area is 298 Å². The van der Waals surface area contributed by atoms with E-state index in [2.05, 4.69) is 40.5 Å². The number of hydrogen-bond donors (Lipinski definition) is 4. The number of rotatable bonds is 11. The molecule has 1 saturated heterocycles. The molecule has 3 aliphatic rings. The Balaban J connectivity index is 0.885. The van der Waals surface area contributed by atoms with Crippen LogP contribution < -0.4 is 20.1 Å². The number of aryl methyl sites for hydroxylation is 1. The molecule has 268 valence electrons. The number of amides is 3. The summed E-state index contributed by atoms with van der Waals surface area (Å²) in [6.07, 6.45) is 5.81. The third kappa shape index (κ3) is 6.16. The predicted molar refractivity (Wildman–Crippen MR) is 188 cm³/mol. The highest BCUT2D eigenvalue weighted by atomic mass is 32.2. The van der Waals surface area contributed by atoms with Crippen LogP contribution in [0.2, 0.25) is 0 Å². The molecular formula is C35H36N10O6S. The predicted octanol–water partition coefficient (Wildman–Crippen LogP) is 2.63. The standard InChI is InChI=1S/C35H36N10O6S/c1-3-51-31-26(24-15-36-37-16-24)8-10-45-32(31)41-35(42-45)39-28-5-4-25(12-20(28)2)52(49,50)38-9-11-43-17-21-13-23-19-44(29-6-7-30(46)40-33(29)47)34(48)27(23)14-22(21)18-43/h4-5,8,10,12-16,29,38H,3,6-7,9,11,17-19H2,1-2H3,(H,36,37)(H,39,42)(H,40,46,47). The van der Waals surface area contributed by atoms with E-state index in [4.69, 9.17) is 4.74 Å². The van der Waals surface area contributed by atoms with Gasteiger partial charge in [-0.1, -0.05) is 6.07 Å². The number of ether oxygens (including phenoxy) is 1. The van der Waals surface area contributed by atoms with Gasteiger partial charge in [-0.05, 0) is 72.9 Å². The molecule has 3 aromatic heterocycles. The molecule has 0 radical (unpaired) electrons. The number of carbonyl (C=O) groups excluding carboxylic acids is 3. The number of piperidine rings is 1. The summed E-state index contributed by atoms with van der Waals surface area (Å²) in [6, 6.07) is 9.96. The van der Waals surface area contributed by atoms with Crippen LogP contribution in [0.4, 0.5) is 11.6 Å². The molecule has 1 atom stereocenters. The highest BCUT2D eigenvalue weighted by Gasteiger charge is 2.40. The Kier molecular flexibility index (Phi) is 8.47. The number of benzene rings is 2. The zero-order valence-electron chi connectivity index (χ0n) is 28.5. The smallest absolute Gasteiger partial charge is 0.255 e. The number of imide groups is 1. The van der Waals surface area contributed by atoms with Crippen molar-refractivity contribution < 1.29 is 27.5 Å². The van der Waals surface area contributed by atoms with E-state index in [9.17, 15) is 22.8 Å². The molecule has 2 aromatic carbocycles. The average Bonchev–Trinajstić information content (AvgIpc) is 3.92. The number of pyridine rings is 1. The zero-order chi connectivity index (χ0) is 36.1. The molecule has 3 aliphatic heterocycles. The fourth-order valence-corrected chi connectivity index (χ4v) is 8.18. The number of carbonyl (C=O) groups is 3. The molecule has 0 bridgehead atoms. The number of aromatic nitrogens is 5. The summed E-state index contributed by atoms with van der Waals surface area (Å²) < 4.78 is 36.8. The van der Waals surface area contributed by atoms with Crippen LogP contribution in [0.1, 0.15) is 52.4 Å². The lowest BCUT2D eigenvalue weighted by molar-refractivity contribution is -0.136. The van der Waals surface area contributed by atoms with Gasteiger partial charge < -0.3 is 15.0 Å². The van der Waals surface area contributed by atoms with E-state index in [1.165, 1.54) is 0 Å². The van der Waals surface area contributed by atoms with Crippen LogP contribution in [0, 0.1) is 6.92 Å². The van der Waals surface area contributed by atoms with Gasteiger partial charge in [-0.2, -0.15) is 10.1 Å². The van der Waals surface area contributed by atoms with Gasteiger partial charge in [-0.25, -0.2) is 17.7 Å². The number of hydrogen-bond acceptors (Lipinski definition) is 11. The number of H-pyrrole nitrogens is 1. The van der Waals surface area contributed by atoms with Gasteiger partial charge in [0.2, 0.25) is 27.8 Å². The van der Waals surface area contributed by atoms with Gasteiger partial charge in [-0.15, -0.1) is 5.10 Å². The minimum absolute atomic E-state index is 0.141. The van der Waals surface area contributed by atoms with Crippen LogP contribution in [0.5, 0.6) is 5.75 Å². The molecule has 0 saturated carbocycles. The van der Waals surface area contributed by atoms with E-state index in [1.54, 1.807) is 46.2 Å². The Bertz CT molecular complexity index is 2360. The van der Waals surface area contributed by atoms with Gasteiger partial charge in [0.25, 0.3) is 5.91 Å². The lowest BCUT2D eigenvalue weighted by atomic mass is 10.0. The largest absolute Gasteiger partial charge is 0.489 e. The maximum atomic E-state index is 13.3. The van der Waals surface area contributed by atoms with E-state index in [1.807, 2.05) is 32.0 Å². The lowest BCUT2D eigenvalue weighted by Gasteiger charge is -2.29. The molecule has 0 aliphatic carbocycles. The molecule has 4 N–H and O–H groups in total. The van der Waals surface area contributed by atoms with Crippen LogP contribution in [0.3, 0.4) is 0 Å². The highest BCUT2D eigenvalue weighted by Crippen LogP contribution is 2.35. The second kappa shape index (κ2) is 13.2. The number of sulfonamides is 1. The Morgan fingerprint density at radius 3 is 2.60 bits per heavy atom. The van der Waals surface area contributed by atoms with E-state index >= 15 is 0 Å². The van der Waals surface area contributed by atoms with Crippen molar-refractivity contribution in [1.29, 1.82) is 0 Å². The maximum Gasteiger partial charge on any atom is 0.255 e. The Morgan fingerprint density at radius 1 is 1.02 bits per heavy atom. The molecule has 0 spiro atoms. The van der Waals surface area contributed by atoms with Crippen LogP contribution >= 0.6 is 0 Å². The summed E-state index contributed by atoms with van der Waals surface area (Å²) in [5.41, 5.74) is 7.08. The summed E-state index contributed by atoms with van der Waals surface area (Å²) in [5, 5.41) is 16.9. The molecule has 16 nitrogen and oxygen atoms in total. The fourth-order valence-electron chi connectivity index (χ4n) is 7.08. The molecule has 8 rings (SSSR count). The molecule has 5 aromatic rings. The van der Waals surface area contributed by atoms with E-state index in [0.717, 1.165) is 27.8 Å². The van der Waals surface area contributed by atoms with Crippen molar-refractivity contribution >= 4 is 45.0 Å². The number of anilines is 2. The first-order valence-corrected chi connectivity index (χ1v) is 18.5. The van der Waals surface area contributed by atoms with Crippen molar-refractivity contribution in [1.82, 2.24) is 44.6 Å². The first kappa shape index (κ1) is 33.5. The van der Waals surface area contributed by atoms with Gasteiger partial charge in [0.05, 0.1) is 17.7 Å². The second-order valence-electron chi connectivity index (χ2n) is 13.1. The lowest BCUT2D eigenvalue weighted by Crippen LogP contribution is -2.52. The number of fused-ring (bicyclic) bond motifs is 3. The van der Waals surface area contributed by atoms with Crippen LogP contribution in [0.25, 0.3) is 16.8 Å². The van der Waals surface area contributed by atoms with Crippen LogP contribution in [-0.4, -0.2) is 86.5 Å². The van der Waals surface area contributed by atoms with E-state index < -0.39 is 22.0 Å². The molecular weight excluding hydrogens is 689 g/mol. The maximum absolute atomic E-state index is 13.3. The summed E-state index contributed by atoms with van der Waals surface area (Å²) in [7, 11) is -3.80. The normalized spacial score (nSPS) is 17.5. The van der Waals surface area contributed by atoms with Crippen molar-refractivity contribution in [3.05, 3.63) is 82.8 Å². The van der Waals surface area contributed by atoms with E-state index in [0.29, 0.717) is 73.4 Å². The molecule has 52 heavy (non-hydrogen) atoms. The SMILES string of the molecule is CCOc1c(-c2cn[nH]c2)ccn2nc(Nc3ccc(S(=O)(=O)NCCN4Cc5cc6c(cc5C4)C(=O)N(C4CCC(=O)NC4=O)C6)cc3C)nc12. The monoisotopic (exact) mass is 724 g/mol. The summed E-state index contributed by atoms with van der Waals surface area (Å²) in [5.74, 6) is -0.0507. The first-order chi connectivity index (χ1) is 25.1. The summed E-state index contributed by atoms with van der Waals surface area (Å²) in [6.45, 7) is 6.33. The third-order valence-electron chi connectivity index (χ3n) is 9.67. The molecule has 3 amide bonds. The topological polar surface area (TPSA) is 196 Å². The zero-order valence-corrected chi connectivity index (χ0v) is 29.3. The quantitative estimate of drug-likeness (QED) is 0.146. The summed E-state index contributed by atoms with van der Waals surface area (Å²) in [4.78, 5) is 45.7. The van der Waals surface area contributed by atoms with Gasteiger partial charge in [0, 0.05) is 73.9 Å². The number of nitrogens with one attached hydrogen (secondary N) is 4. The van der Waals surface area contributed by atoms with Gasteiger partial charge in [0.15, 0.2) is 11.4 Å². The number of aromatic amines is 1. The summed E-state index contributed by atoms with van der Waals surface area (Å²) >= 11 is 0. The molecule has 1 fully saturated rings. The van der Waals surface area contributed by atoms with Crippen molar-refractivity contribution in [2.75, 3.05) is 25.0 Å². The van der Waals surface area contributed by atoms with Crippen molar-refractivity contribution in [2.45, 2.75) is 57.3 Å². The van der Waals surface area contributed by atoms with Crippen LogP contribution in [0.15, 0.2) is 59.9 Å². The number of nitrogens with zero attached hydrogens (tertiary/aromatic N) is 6. The third-order valence-corrected chi connectivity index (χ3v) is 11.1. The second-order valence-corrected chi connectivity index (χ2v) is 14.8. The van der Waals surface area contributed by atoms with Crippen molar-refractivity contribution in [2.24, 2.45) is 0 Å². The van der Waals surface area contributed by atoms with Crippen LogP contribution in [-0.2, 0) is 39.2 Å². The highest BCUT2D eigenvalue weighted by molar-refractivity contribution is 7.89. The van der Waals surface area contributed by atoms with E-state index in [-0.39, 0.29) is 29.7 Å². The molecule has 6 heterocycles. The minimum Gasteiger partial charge on any atom is -0.489 e. The Morgan fingerprint density at radius 2 is 1.85 bits per heavy atom. The average molecular weight is 725 g/mol. The van der Waals surface area contributed by atoms with Gasteiger partial charge in [-0.3, -0.25) is 29.7 Å². The van der Waals surface area contributed by atoms with Gasteiger partial charge >= 0.3 is 0 Å². The van der Waals surface area contributed by atoms with Gasteiger partial charge in [0.1, 0.15) is 6.04 Å². The first-order valence-electron chi connectivity index (χ1n) is 17.0. The Hall–Kier alpha value is -5.65. The molecule has 17 heteroatoms. The van der Waals surface area contributed by atoms with Crippen molar-refractivity contribution in [3.8, 4) is 16.9 Å². The fraction of sp³-hybridized carbons (Fsp3) is 0.314. The van der Waals surface area contributed by atoms with Crippen molar-refractivity contribution in [3.63, 3.8) is 0 Å². The minimum atomic E-state index is -3.80. The molecule has 1 unspecified atom stereocenters.